The van der Waals surface area contributed by atoms with Crippen LogP contribution in [0.25, 0.3) is 22.2 Å². The van der Waals surface area contributed by atoms with Crippen molar-refractivity contribution in [1.82, 2.24) is 15.2 Å². The highest BCUT2D eigenvalue weighted by molar-refractivity contribution is 5.81. The fraction of sp³-hybridized carbons (Fsp3) is 0.500. The number of nitrogens with zero attached hydrogens (tertiary/aromatic N) is 2. The van der Waals surface area contributed by atoms with Crippen LogP contribution in [0.4, 0.5) is 9.18 Å². The van der Waals surface area contributed by atoms with Crippen LogP contribution in [-0.2, 0) is 0 Å². The molecule has 34 heavy (non-hydrogen) atoms. The van der Waals surface area contributed by atoms with E-state index < -0.39 is 0 Å². The highest BCUT2D eigenvalue weighted by Crippen LogP contribution is 2.55. The summed E-state index contributed by atoms with van der Waals surface area (Å²) in [5.41, 5.74) is 2.68. The van der Waals surface area contributed by atoms with E-state index in [1.54, 1.807) is 12.1 Å². The van der Waals surface area contributed by atoms with Crippen LogP contribution in [0, 0.1) is 23.6 Å². The maximum atomic E-state index is 14.3. The molecule has 1 atom stereocenters. The summed E-state index contributed by atoms with van der Waals surface area (Å²) in [6.07, 6.45) is 9.30. The Balaban J connectivity index is 1.14. The van der Waals surface area contributed by atoms with Crippen LogP contribution >= 0.6 is 0 Å². The summed E-state index contributed by atoms with van der Waals surface area (Å²) >= 11 is 0. The van der Waals surface area contributed by atoms with Crippen molar-refractivity contribution in [2.45, 2.75) is 62.9 Å². The summed E-state index contributed by atoms with van der Waals surface area (Å²) in [6.45, 7) is 0.724. The number of urea groups is 1. The molecule has 1 N–H and O–H groups in total. The van der Waals surface area contributed by atoms with E-state index in [0.717, 1.165) is 62.0 Å². The van der Waals surface area contributed by atoms with E-state index in [1.165, 1.54) is 25.3 Å². The molecule has 5 nitrogen and oxygen atoms in total. The van der Waals surface area contributed by atoms with E-state index in [0.29, 0.717) is 22.6 Å². The van der Waals surface area contributed by atoms with Gasteiger partial charge in [-0.25, -0.2) is 14.2 Å². The second kappa shape index (κ2) is 7.56. The lowest BCUT2D eigenvalue weighted by Crippen LogP contribution is -2.61. The van der Waals surface area contributed by atoms with E-state index in [1.807, 2.05) is 29.2 Å². The van der Waals surface area contributed by atoms with Crippen LogP contribution in [0.2, 0.25) is 0 Å². The first-order chi connectivity index (χ1) is 16.6. The minimum absolute atomic E-state index is 0.00502. The van der Waals surface area contributed by atoms with Crippen molar-refractivity contribution >= 4 is 17.1 Å². The van der Waals surface area contributed by atoms with Gasteiger partial charge in [-0.15, -0.1) is 0 Å². The van der Waals surface area contributed by atoms with Gasteiger partial charge in [-0.3, -0.25) is 0 Å². The SMILES string of the molecule is O=C(NC12CC3CC(CC(C3)C1)C2)N1CCCC1c1nc2cc(-c3ccccc3F)ccc2o1. The zero-order chi connectivity index (χ0) is 22.9. The van der Waals surface area contributed by atoms with Gasteiger partial charge in [0.1, 0.15) is 17.4 Å². The maximum Gasteiger partial charge on any atom is 0.318 e. The van der Waals surface area contributed by atoms with E-state index >= 15 is 0 Å². The van der Waals surface area contributed by atoms with E-state index in [2.05, 4.69) is 5.32 Å². The average Bonchev–Trinajstić information content (AvgIpc) is 3.45. The van der Waals surface area contributed by atoms with E-state index in [-0.39, 0.29) is 23.4 Å². The number of aromatic nitrogens is 1. The number of rotatable bonds is 3. The van der Waals surface area contributed by atoms with E-state index in [9.17, 15) is 9.18 Å². The van der Waals surface area contributed by atoms with Crippen molar-refractivity contribution in [3.63, 3.8) is 0 Å². The topological polar surface area (TPSA) is 58.4 Å². The van der Waals surface area contributed by atoms with Crippen LogP contribution < -0.4 is 5.32 Å². The molecule has 5 fully saturated rings. The van der Waals surface area contributed by atoms with Gasteiger partial charge in [-0.1, -0.05) is 24.3 Å². The summed E-state index contributed by atoms with van der Waals surface area (Å²) in [5.74, 6) is 2.71. The average molecular weight is 460 g/mol. The molecule has 2 aromatic carbocycles. The van der Waals surface area contributed by atoms with E-state index in [4.69, 9.17) is 9.40 Å². The molecule has 0 radical (unpaired) electrons. The highest BCUT2D eigenvalue weighted by atomic mass is 19.1. The second-order valence-corrected chi connectivity index (χ2v) is 11.2. The fourth-order valence-corrected chi connectivity index (χ4v) is 7.78. The molecule has 6 heteroatoms. The normalized spacial score (nSPS) is 32.0. The van der Waals surface area contributed by atoms with Crippen molar-refractivity contribution in [2.24, 2.45) is 17.8 Å². The lowest BCUT2D eigenvalue weighted by Gasteiger charge is -2.57. The minimum atomic E-state index is -0.256. The number of nitrogens with one attached hydrogen (secondary N) is 1. The zero-order valence-electron chi connectivity index (χ0n) is 19.3. The molecule has 8 rings (SSSR count). The van der Waals surface area contributed by atoms with Gasteiger partial charge in [-0.2, -0.15) is 0 Å². The molecule has 2 amide bonds. The predicted octanol–water partition coefficient (Wildman–Crippen LogP) is 6.45. The Kier molecular flexibility index (Phi) is 4.55. The quantitative estimate of drug-likeness (QED) is 0.490. The van der Waals surface area contributed by atoms with Gasteiger partial charge >= 0.3 is 6.03 Å². The number of benzene rings is 2. The number of hydrogen-bond acceptors (Lipinski definition) is 3. The Bertz CT molecular complexity index is 1230. The lowest BCUT2D eigenvalue weighted by molar-refractivity contribution is -0.0160. The Morgan fingerprint density at radius 3 is 2.53 bits per heavy atom. The van der Waals surface area contributed by atoms with Crippen LogP contribution in [0.3, 0.4) is 0 Å². The summed E-state index contributed by atoms with van der Waals surface area (Å²) < 4.78 is 20.4. The van der Waals surface area contributed by atoms with Crippen molar-refractivity contribution in [3.8, 4) is 11.1 Å². The predicted molar refractivity (Wildman–Crippen MR) is 128 cm³/mol. The molecule has 1 aromatic heterocycles. The van der Waals surface area contributed by atoms with Crippen LogP contribution in [0.5, 0.6) is 0 Å². The summed E-state index contributed by atoms with van der Waals surface area (Å²) in [7, 11) is 0. The maximum absolute atomic E-state index is 14.3. The Morgan fingerprint density at radius 1 is 1.06 bits per heavy atom. The van der Waals surface area contributed by atoms with Gasteiger partial charge in [0.15, 0.2) is 5.58 Å². The molecule has 0 spiro atoms. The molecule has 5 aliphatic rings. The molecule has 1 saturated heterocycles. The molecular weight excluding hydrogens is 429 g/mol. The molecule has 176 valence electrons. The third kappa shape index (κ3) is 3.33. The second-order valence-electron chi connectivity index (χ2n) is 11.2. The minimum Gasteiger partial charge on any atom is -0.438 e. The van der Waals surface area contributed by atoms with Gasteiger partial charge in [0.05, 0.1) is 0 Å². The summed E-state index contributed by atoms with van der Waals surface area (Å²) in [5, 5.41) is 3.51. The van der Waals surface area contributed by atoms with Crippen LogP contribution in [0.1, 0.15) is 63.3 Å². The first kappa shape index (κ1) is 20.5. The number of halogens is 1. The van der Waals surface area contributed by atoms with Gasteiger partial charge in [0, 0.05) is 17.6 Å². The number of carbonyl (C=O) groups is 1. The Labute approximate surface area is 198 Å². The first-order valence-electron chi connectivity index (χ1n) is 12.8. The number of hydrogen-bond donors (Lipinski definition) is 1. The molecule has 4 aliphatic carbocycles. The molecule has 4 bridgehead atoms. The number of fused-ring (bicyclic) bond motifs is 1. The first-order valence-corrected chi connectivity index (χ1v) is 12.8. The van der Waals surface area contributed by atoms with Gasteiger partial charge in [-0.05, 0) is 92.9 Å². The third-order valence-electron chi connectivity index (χ3n) is 8.80. The van der Waals surface area contributed by atoms with Crippen molar-refractivity contribution in [2.75, 3.05) is 6.54 Å². The molecular formula is C28H30FN3O2. The molecule has 2 heterocycles. The van der Waals surface area contributed by atoms with Crippen molar-refractivity contribution in [1.29, 1.82) is 0 Å². The fourth-order valence-electron chi connectivity index (χ4n) is 7.78. The largest absolute Gasteiger partial charge is 0.438 e. The van der Waals surface area contributed by atoms with Crippen LogP contribution in [-0.4, -0.2) is 28.0 Å². The smallest absolute Gasteiger partial charge is 0.318 e. The number of oxazole rings is 1. The van der Waals surface area contributed by atoms with Crippen molar-refractivity contribution < 1.29 is 13.6 Å². The number of carbonyl (C=O) groups excluding carboxylic acids is 1. The van der Waals surface area contributed by atoms with Gasteiger partial charge < -0.3 is 14.6 Å². The molecule has 1 unspecified atom stereocenters. The molecule has 4 saturated carbocycles. The zero-order valence-corrected chi connectivity index (χ0v) is 19.3. The van der Waals surface area contributed by atoms with Crippen LogP contribution in [0.15, 0.2) is 46.9 Å². The monoisotopic (exact) mass is 459 g/mol. The van der Waals surface area contributed by atoms with Gasteiger partial charge in [0.25, 0.3) is 0 Å². The van der Waals surface area contributed by atoms with Crippen molar-refractivity contribution in [3.05, 3.63) is 54.2 Å². The summed E-state index contributed by atoms with van der Waals surface area (Å²) in [6, 6.07) is 12.2. The molecule has 1 aliphatic heterocycles. The third-order valence-corrected chi connectivity index (χ3v) is 8.80. The van der Waals surface area contributed by atoms with Gasteiger partial charge in [0.2, 0.25) is 5.89 Å². The number of amides is 2. The Morgan fingerprint density at radius 2 is 1.79 bits per heavy atom. The molecule has 3 aromatic rings. The highest BCUT2D eigenvalue weighted by Gasteiger charge is 2.52. The Hall–Kier alpha value is -2.89. The summed E-state index contributed by atoms with van der Waals surface area (Å²) in [4.78, 5) is 20.2. The number of likely N-dealkylation sites (tertiary alicyclic amines) is 1. The standard InChI is InChI=1S/C28H30FN3O2/c29-22-5-2-1-4-21(22)20-7-8-25-23(13-20)30-26(34-25)24-6-3-9-32(24)27(33)31-28-14-17-10-18(15-28)12-19(11-17)16-28/h1-2,4-5,7-8,13,17-19,24H,3,6,9-12,14-16H2,(H,31,33). The lowest BCUT2D eigenvalue weighted by atomic mass is 9.53.